The molecule has 3 rings (SSSR count). The third kappa shape index (κ3) is 2.80. The van der Waals surface area contributed by atoms with Gasteiger partial charge in [-0.25, -0.2) is 9.18 Å². The van der Waals surface area contributed by atoms with Gasteiger partial charge < -0.3 is 10.2 Å². The van der Waals surface area contributed by atoms with Crippen LogP contribution in [0.1, 0.15) is 0 Å². The summed E-state index contributed by atoms with van der Waals surface area (Å²) in [4.78, 5) is 12.6. The standard InChI is InChI=1S/C15H13FN2O2S/c16-11-9-10(5-6-12(11)17)21-8-7-18-13-3-1-2-4-14(13)20-15(18)19/h1-6,9H,7-8,17H2. The fourth-order valence-electron chi connectivity index (χ4n) is 2.08. The highest BCUT2D eigenvalue weighted by Gasteiger charge is 2.08. The van der Waals surface area contributed by atoms with Crippen LogP contribution in [0, 0.1) is 5.82 Å². The second-order valence-corrected chi connectivity index (χ2v) is 5.69. The molecule has 2 N–H and O–H groups in total. The number of hydrogen-bond acceptors (Lipinski definition) is 4. The highest BCUT2D eigenvalue weighted by atomic mass is 32.2. The summed E-state index contributed by atoms with van der Waals surface area (Å²) < 4.78 is 20.1. The van der Waals surface area contributed by atoms with Crippen LogP contribution in [0.25, 0.3) is 11.1 Å². The second kappa shape index (κ2) is 5.65. The Morgan fingerprint density at radius 3 is 2.86 bits per heavy atom. The van der Waals surface area contributed by atoms with Crippen LogP contribution in [0.2, 0.25) is 0 Å². The first-order chi connectivity index (χ1) is 10.1. The van der Waals surface area contributed by atoms with Crippen LogP contribution in [-0.4, -0.2) is 10.3 Å². The van der Waals surface area contributed by atoms with Gasteiger partial charge in [0.1, 0.15) is 5.82 Å². The zero-order valence-corrected chi connectivity index (χ0v) is 11.9. The van der Waals surface area contributed by atoms with Crippen molar-refractivity contribution in [3.63, 3.8) is 0 Å². The molecule has 0 radical (unpaired) electrons. The lowest BCUT2D eigenvalue weighted by atomic mass is 10.3. The number of halogens is 1. The molecule has 0 aliphatic carbocycles. The molecule has 6 heteroatoms. The van der Waals surface area contributed by atoms with Crippen LogP contribution < -0.4 is 11.5 Å². The summed E-state index contributed by atoms with van der Waals surface area (Å²) in [6.07, 6.45) is 0. The average Bonchev–Trinajstić information content (AvgIpc) is 2.79. The first-order valence-corrected chi connectivity index (χ1v) is 7.40. The van der Waals surface area contributed by atoms with E-state index in [9.17, 15) is 9.18 Å². The van der Waals surface area contributed by atoms with Gasteiger partial charge in [-0.15, -0.1) is 11.8 Å². The van der Waals surface area contributed by atoms with Gasteiger partial charge in [0.05, 0.1) is 11.2 Å². The van der Waals surface area contributed by atoms with Gasteiger partial charge in [0.15, 0.2) is 5.58 Å². The molecule has 0 fully saturated rings. The summed E-state index contributed by atoms with van der Waals surface area (Å²) in [5, 5.41) is 0. The molecule has 108 valence electrons. The van der Waals surface area contributed by atoms with Crippen LogP contribution in [0.5, 0.6) is 0 Å². The van der Waals surface area contributed by atoms with E-state index in [4.69, 9.17) is 10.2 Å². The van der Waals surface area contributed by atoms with Crippen LogP contribution in [0.15, 0.2) is 56.6 Å². The summed E-state index contributed by atoms with van der Waals surface area (Å²) in [6, 6.07) is 12.0. The van der Waals surface area contributed by atoms with E-state index in [0.29, 0.717) is 17.9 Å². The topological polar surface area (TPSA) is 61.2 Å². The SMILES string of the molecule is Nc1ccc(SCCn2c(=O)oc3ccccc32)cc1F. The molecule has 1 aromatic heterocycles. The van der Waals surface area contributed by atoms with Gasteiger partial charge in [-0.1, -0.05) is 12.1 Å². The number of rotatable bonds is 4. The zero-order chi connectivity index (χ0) is 14.8. The Bertz CT molecular complexity index is 841. The molecule has 0 amide bonds. The third-order valence-corrected chi connectivity index (χ3v) is 4.10. The van der Waals surface area contributed by atoms with E-state index in [1.807, 2.05) is 18.2 Å². The maximum Gasteiger partial charge on any atom is 0.419 e. The van der Waals surface area contributed by atoms with Crippen molar-refractivity contribution < 1.29 is 8.81 Å². The fraction of sp³-hybridized carbons (Fsp3) is 0.133. The molecule has 0 unspecified atom stereocenters. The van der Waals surface area contributed by atoms with Gasteiger partial charge in [0.2, 0.25) is 0 Å². The number of oxazole rings is 1. The normalized spacial score (nSPS) is 11.1. The van der Waals surface area contributed by atoms with E-state index in [1.165, 1.54) is 23.9 Å². The molecular formula is C15H13FN2O2S. The van der Waals surface area contributed by atoms with Crippen molar-refractivity contribution >= 4 is 28.5 Å². The number of nitrogens with two attached hydrogens (primary N) is 1. The number of anilines is 1. The van der Waals surface area contributed by atoms with Crippen molar-refractivity contribution in [2.24, 2.45) is 0 Å². The van der Waals surface area contributed by atoms with E-state index in [1.54, 1.807) is 16.7 Å². The molecular weight excluding hydrogens is 291 g/mol. The minimum absolute atomic E-state index is 0.136. The summed E-state index contributed by atoms with van der Waals surface area (Å²) in [5.74, 6) is -0.168. The molecule has 2 aromatic carbocycles. The monoisotopic (exact) mass is 304 g/mol. The summed E-state index contributed by atoms with van der Waals surface area (Å²) in [5.41, 5.74) is 6.92. The van der Waals surface area contributed by atoms with Crippen LogP contribution in [0.3, 0.4) is 0 Å². The van der Waals surface area contributed by atoms with Gasteiger partial charge in [-0.2, -0.15) is 0 Å². The highest BCUT2D eigenvalue weighted by Crippen LogP contribution is 2.22. The predicted molar refractivity (Wildman–Crippen MR) is 82.0 cm³/mol. The minimum Gasteiger partial charge on any atom is -0.408 e. The van der Waals surface area contributed by atoms with Crippen LogP contribution in [-0.2, 0) is 6.54 Å². The van der Waals surface area contributed by atoms with Gasteiger partial charge in [-0.05, 0) is 30.3 Å². The van der Waals surface area contributed by atoms with Crippen molar-refractivity contribution in [3.8, 4) is 0 Å². The number of aryl methyl sites for hydroxylation is 1. The molecule has 4 nitrogen and oxygen atoms in total. The number of nitrogen functional groups attached to an aromatic ring is 1. The molecule has 3 aromatic rings. The highest BCUT2D eigenvalue weighted by molar-refractivity contribution is 7.99. The minimum atomic E-state index is -0.425. The Morgan fingerprint density at radius 1 is 1.24 bits per heavy atom. The Balaban J connectivity index is 1.73. The van der Waals surface area contributed by atoms with E-state index >= 15 is 0 Å². The Hall–Kier alpha value is -2.21. The number of thioether (sulfide) groups is 1. The number of hydrogen-bond donors (Lipinski definition) is 1. The predicted octanol–water partition coefficient (Wildman–Crippen LogP) is 3.11. The second-order valence-electron chi connectivity index (χ2n) is 4.52. The van der Waals surface area contributed by atoms with E-state index in [-0.39, 0.29) is 11.4 Å². The van der Waals surface area contributed by atoms with Crippen molar-refractivity contribution in [2.75, 3.05) is 11.5 Å². The molecule has 0 aliphatic rings. The maximum atomic E-state index is 13.3. The Labute approximate surface area is 124 Å². The molecule has 21 heavy (non-hydrogen) atoms. The molecule has 0 atom stereocenters. The quantitative estimate of drug-likeness (QED) is 0.594. The molecule has 0 saturated heterocycles. The lowest BCUT2D eigenvalue weighted by Crippen LogP contribution is -2.15. The van der Waals surface area contributed by atoms with E-state index in [0.717, 1.165) is 10.4 Å². The summed E-state index contributed by atoms with van der Waals surface area (Å²) in [6.45, 7) is 0.493. The van der Waals surface area contributed by atoms with Crippen LogP contribution in [0.4, 0.5) is 10.1 Å². The van der Waals surface area contributed by atoms with Crippen molar-refractivity contribution in [1.82, 2.24) is 4.57 Å². The maximum absolute atomic E-state index is 13.3. The molecule has 0 saturated carbocycles. The molecule has 1 heterocycles. The third-order valence-electron chi connectivity index (χ3n) is 3.13. The number of aromatic nitrogens is 1. The van der Waals surface area contributed by atoms with Crippen molar-refractivity contribution in [2.45, 2.75) is 11.4 Å². The number of fused-ring (bicyclic) bond motifs is 1. The van der Waals surface area contributed by atoms with Gasteiger partial charge in [0.25, 0.3) is 0 Å². The largest absolute Gasteiger partial charge is 0.419 e. The van der Waals surface area contributed by atoms with Gasteiger partial charge >= 0.3 is 5.76 Å². The first kappa shape index (κ1) is 13.8. The Morgan fingerprint density at radius 2 is 2.05 bits per heavy atom. The van der Waals surface area contributed by atoms with Crippen LogP contribution >= 0.6 is 11.8 Å². The average molecular weight is 304 g/mol. The van der Waals surface area contributed by atoms with E-state index in [2.05, 4.69) is 0 Å². The molecule has 0 aliphatic heterocycles. The smallest absolute Gasteiger partial charge is 0.408 e. The zero-order valence-electron chi connectivity index (χ0n) is 11.1. The van der Waals surface area contributed by atoms with Crippen molar-refractivity contribution in [3.05, 3.63) is 58.8 Å². The molecule has 0 bridgehead atoms. The number of nitrogens with zero attached hydrogens (tertiary/aromatic N) is 1. The van der Waals surface area contributed by atoms with Crippen molar-refractivity contribution in [1.29, 1.82) is 0 Å². The fourth-order valence-corrected chi connectivity index (χ4v) is 2.94. The number of benzene rings is 2. The first-order valence-electron chi connectivity index (χ1n) is 6.41. The van der Waals surface area contributed by atoms with Gasteiger partial charge in [-0.3, -0.25) is 4.57 Å². The Kier molecular flexibility index (Phi) is 3.70. The van der Waals surface area contributed by atoms with E-state index < -0.39 is 5.82 Å². The lowest BCUT2D eigenvalue weighted by Gasteiger charge is -2.04. The summed E-state index contributed by atoms with van der Waals surface area (Å²) >= 11 is 1.46. The lowest BCUT2D eigenvalue weighted by molar-refractivity contribution is 0.514. The molecule has 0 spiro atoms. The van der Waals surface area contributed by atoms with Gasteiger partial charge in [0, 0.05) is 17.2 Å². The summed E-state index contributed by atoms with van der Waals surface area (Å²) in [7, 11) is 0. The number of para-hydroxylation sites is 2.